The lowest BCUT2D eigenvalue weighted by Crippen LogP contribution is -2.39. The molecule has 1 aromatic carbocycles. The van der Waals surface area contributed by atoms with Gasteiger partial charge in [0.05, 0.1) is 24.5 Å². The van der Waals surface area contributed by atoms with Gasteiger partial charge in [-0.25, -0.2) is 0 Å². The molecule has 2 radical (unpaired) electrons. The van der Waals surface area contributed by atoms with Crippen molar-refractivity contribution < 1.29 is 22.5 Å². The molecule has 0 spiro atoms. The standard InChI is InChI=1S/C18H22N2O5S/c1-3-12-5-4-6-13-14-7-9-25-18(2,17(14)20-16(12)13)11-15(21)19-8-10-26(22,23)24/h2,4-6,20H,3,7-11H2,1H3,(H,19,21)(H,22,23,24). The number of aryl methyl sites for hydroxylation is 1. The Kier molecular flexibility index (Phi) is 5.09. The zero-order valence-corrected chi connectivity index (χ0v) is 15.4. The summed E-state index contributed by atoms with van der Waals surface area (Å²) in [4.78, 5) is 15.5. The molecule has 26 heavy (non-hydrogen) atoms. The summed E-state index contributed by atoms with van der Waals surface area (Å²) >= 11 is 0. The van der Waals surface area contributed by atoms with Gasteiger partial charge in [0.1, 0.15) is 5.60 Å². The number of H-pyrrole nitrogens is 1. The third-order valence-electron chi connectivity index (χ3n) is 4.65. The van der Waals surface area contributed by atoms with Crippen LogP contribution in [0.5, 0.6) is 0 Å². The predicted octanol–water partition coefficient (Wildman–Crippen LogP) is 1.60. The first-order valence-corrected chi connectivity index (χ1v) is 10.1. The summed E-state index contributed by atoms with van der Waals surface area (Å²) in [6, 6.07) is 6.08. The van der Waals surface area contributed by atoms with E-state index in [2.05, 4.69) is 17.2 Å². The van der Waals surface area contributed by atoms with Gasteiger partial charge in [-0.2, -0.15) is 8.42 Å². The highest BCUT2D eigenvalue weighted by Crippen LogP contribution is 2.39. The molecule has 7 nitrogen and oxygen atoms in total. The van der Waals surface area contributed by atoms with E-state index < -0.39 is 27.4 Å². The Labute approximate surface area is 152 Å². The van der Waals surface area contributed by atoms with E-state index in [1.54, 1.807) is 0 Å². The van der Waals surface area contributed by atoms with Crippen LogP contribution < -0.4 is 5.32 Å². The smallest absolute Gasteiger partial charge is 0.266 e. The van der Waals surface area contributed by atoms with Crippen LogP contribution in [0.3, 0.4) is 0 Å². The summed E-state index contributed by atoms with van der Waals surface area (Å²) in [7, 11) is -4.13. The van der Waals surface area contributed by atoms with Gasteiger partial charge in [-0.05, 0) is 24.0 Å². The fourth-order valence-electron chi connectivity index (χ4n) is 3.42. The van der Waals surface area contributed by atoms with Gasteiger partial charge in [0.25, 0.3) is 10.1 Å². The van der Waals surface area contributed by atoms with Crippen molar-refractivity contribution in [1.29, 1.82) is 0 Å². The number of fused-ring (bicyclic) bond motifs is 3. The monoisotopic (exact) mass is 378 g/mol. The van der Waals surface area contributed by atoms with Crippen molar-refractivity contribution in [3.8, 4) is 0 Å². The number of ether oxygens (including phenoxy) is 1. The number of aromatic amines is 1. The van der Waals surface area contributed by atoms with Crippen LogP contribution in [-0.2, 0) is 38.1 Å². The van der Waals surface area contributed by atoms with Crippen LogP contribution in [0.4, 0.5) is 0 Å². The third kappa shape index (κ3) is 3.77. The van der Waals surface area contributed by atoms with Crippen LogP contribution in [-0.4, -0.2) is 42.8 Å². The lowest BCUT2D eigenvalue weighted by atomic mass is 9.89. The number of carbonyl (C=O) groups is 1. The molecular weight excluding hydrogens is 356 g/mol. The van der Waals surface area contributed by atoms with Gasteiger partial charge in [-0.15, -0.1) is 0 Å². The second-order valence-corrected chi connectivity index (χ2v) is 8.04. The molecule has 0 saturated heterocycles. The van der Waals surface area contributed by atoms with E-state index in [0.717, 1.165) is 28.5 Å². The molecule has 2 aromatic rings. The molecular formula is C18H22N2O5S. The number of hydrogen-bond donors (Lipinski definition) is 3. The molecule has 1 aliphatic heterocycles. The van der Waals surface area contributed by atoms with E-state index in [1.807, 2.05) is 18.2 Å². The molecule has 0 fully saturated rings. The van der Waals surface area contributed by atoms with Gasteiger partial charge >= 0.3 is 0 Å². The quantitative estimate of drug-likeness (QED) is 0.662. The number of para-hydroxylation sites is 1. The van der Waals surface area contributed by atoms with Crippen LogP contribution in [0.25, 0.3) is 10.9 Å². The number of rotatable bonds is 6. The number of aromatic nitrogens is 1. The predicted molar refractivity (Wildman–Crippen MR) is 97.4 cm³/mol. The fourth-order valence-corrected chi connectivity index (χ4v) is 3.78. The molecule has 1 atom stereocenters. The molecule has 1 aromatic heterocycles. The zero-order chi connectivity index (χ0) is 18.9. The highest BCUT2D eigenvalue weighted by Gasteiger charge is 2.38. The maximum atomic E-state index is 12.2. The minimum absolute atomic E-state index is 0.153. The average molecular weight is 378 g/mol. The largest absolute Gasteiger partial charge is 0.368 e. The van der Waals surface area contributed by atoms with Gasteiger partial charge in [0.2, 0.25) is 5.91 Å². The highest BCUT2D eigenvalue weighted by atomic mass is 32.2. The average Bonchev–Trinajstić information content (AvgIpc) is 2.94. The number of hydrogen-bond acceptors (Lipinski definition) is 4. The Morgan fingerprint density at radius 2 is 2.23 bits per heavy atom. The van der Waals surface area contributed by atoms with Crippen LogP contribution >= 0.6 is 0 Å². The molecule has 8 heteroatoms. The van der Waals surface area contributed by atoms with Gasteiger partial charge in [0.15, 0.2) is 0 Å². The van der Waals surface area contributed by atoms with Gasteiger partial charge in [0, 0.05) is 24.4 Å². The summed E-state index contributed by atoms with van der Waals surface area (Å²) < 4.78 is 35.9. The maximum Gasteiger partial charge on any atom is 0.266 e. The van der Waals surface area contributed by atoms with Crippen LogP contribution in [0.15, 0.2) is 18.2 Å². The summed E-state index contributed by atoms with van der Waals surface area (Å²) in [6.45, 7) is 8.68. The normalized spacial score (nSPS) is 20.1. The molecule has 2 heterocycles. The van der Waals surface area contributed by atoms with E-state index in [9.17, 15) is 13.2 Å². The van der Waals surface area contributed by atoms with E-state index >= 15 is 0 Å². The second-order valence-electron chi connectivity index (χ2n) is 6.47. The van der Waals surface area contributed by atoms with Crippen LogP contribution in [0.1, 0.15) is 30.2 Å². The zero-order valence-electron chi connectivity index (χ0n) is 14.5. The van der Waals surface area contributed by atoms with Crippen molar-refractivity contribution in [1.82, 2.24) is 10.3 Å². The fraction of sp³-hybridized carbons (Fsp3) is 0.444. The molecule has 3 N–H and O–H groups in total. The summed E-state index contributed by atoms with van der Waals surface area (Å²) in [5.74, 6) is -0.993. The lowest BCUT2D eigenvalue weighted by molar-refractivity contribution is -0.128. The van der Waals surface area contributed by atoms with Gasteiger partial charge < -0.3 is 15.0 Å². The summed E-state index contributed by atoms with van der Waals surface area (Å²) in [5, 5.41) is 3.53. The van der Waals surface area contributed by atoms with Crippen molar-refractivity contribution in [3.05, 3.63) is 41.9 Å². The number of benzene rings is 1. The van der Waals surface area contributed by atoms with E-state index in [-0.39, 0.29) is 13.0 Å². The molecule has 0 aliphatic carbocycles. The maximum absolute atomic E-state index is 12.2. The first-order chi connectivity index (χ1) is 12.2. The number of nitrogens with one attached hydrogen (secondary N) is 2. The Morgan fingerprint density at radius 3 is 2.92 bits per heavy atom. The molecule has 3 rings (SSSR count). The summed E-state index contributed by atoms with van der Waals surface area (Å²) in [5.41, 5.74) is 2.60. The van der Waals surface area contributed by atoms with Gasteiger partial charge in [-0.3, -0.25) is 9.35 Å². The minimum atomic E-state index is -4.13. The van der Waals surface area contributed by atoms with Gasteiger partial charge in [-0.1, -0.05) is 25.1 Å². The molecule has 0 bridgehead atoms. The summed E-state index contributed by atoms with van der Waals surface area (Å²) in [6.07, 6.45) is 1.41. The van der Waals surface area contributed by atoms with Crippen molar-refractivity contribution in [2.75, 3.05) is 18.9 Å². The Hall–Kier alpha value is -1.90. The van der Waals surface area contributed by atoms with Crippen LogP contribution in [0.2, 0.25) is 0 Å². The first-order valence-electron chi connectivity index (χ1n) is 8.51. The molecule has 1 unspecified atom stereocenters. The minimum Gasteiger partial charge on any atom is -0.368 e. The van der Waals surface area contributed by atoms with E-state index in [4.69, 9.17) is 16.2 Å². The highest BCUT2D eigenvalue weighted by molar-refractivity contribution is 7.85. The van der Waals surface area contributed by atoms with E-state index in [0.29, 0.717) is 18.7 Å². The molecule has 1 aliphatic rings. The molecule has 1 amide bonds. The van der Waals surface area contributed by atoms with Crippen molar-refractivity contribution in [2.45, 2.75) is 31.8 Å². The van der Waals surface area contributed by atoms with Crippen molar-refractivity contribution in [3.63, 3.8) is 0 Å². The SMILES string of the molecule is [CH]C1(CC(=O)NCCS(=O)(=O)O)OCCc2c1[nH]c1c(CC)cccc21. The van der Waals surface area contributed by atoms with Crippen molar-refractivity contribution in [2.24, 2.45) is 0 Å². The Bertz CT molecular complexity index is 934. The van der Waals surface area contributed by atoms with E-state index in [1.165, 1.54) is 0 Å². The third-order valence-corrected chi connectivity index (χ3v) is 5.37. The Morgan fingerprint density at radius 1 is 1.46 bits per heavy atom. The molecule has 0 saturated carbocycles. The lowest BCUT2D eigenvalue weighted by Gasteiger charge is -2.33. The van der Waals surface area contributed by atoms with Crippen molar-refractivity contribution >= 4 is 26.9 Å². The molecule has 140 valence electrons. The number of amides is 1. The topological polar surface area (TPSA) is 108 Å². The first kappa shape index (κ1) is 18.9. The number of carbonyl (C=O) groups excluding carboxylic acids is 1. The Balaban J connectivity index is 1.85. The van der Waals surface area contributed by atoms with Crippen LogP contribution in [0, 0.1) is 6.92 Å². The second kappa shape index (κ2) is 7.02.